The molecule has 0 aliphatic heterocycles. The summed E-state index contributed by atoms with van der Waals surface area (Å²) >= 11 is 0. The Morgan fingerprint density at radius 3 is 1.97 bits per heavy atom. The Kier molecular flexibility index (Phi) is 3.72. The van der Waals surface area contributed by atoms with Gasteiger partial charge in [-0.1, -0.05) is 72.8 Å². The second kappa shape index (κ2) is 6.66. The van der Waals surface area contributed by atoms with Gasteiger partial charge in [0.1, 0.15) is 11.2 Å². The van der Waals surface area contributed by atoms with Gasteiger partial charge in [0.2, 0.25) is 0 Å². The van der Waals surface area contributed by atoms with E-state index in [2.05, 4.69) is 105 Å². The number of pyridine rings is 1. The zero-order chi connectivity index (χ0) is 22.1. The Balaban J connectivity index is 1.63. The van der Waals surface area contributed by atoms with E-state index in [4.69, 9.17) is 9.40 Å². The van der Waals surface area contributed by atoms with Crippen molar-refractivity contribution in [2.24, 2.45) is 0 Å². The van der Waals surface area contributed by atoms with Gasteiger partial charge < -0.3 is 4.42 Å². The van der Waals surface area contributed by atoms with E-state index < -0.39 is 0 Å². The average Bonchev–Trinajstić information content (AvgIpc) is 3.43. The normalized spacial score (nSPS) is 11.9. The molecule has 0 saturated heterocycles. The lowest BCUT2D eigenvalue weighted by molar-refractivity contribution is 0.682. The maximum atomic E-state index is 6.46. The molecule has 156 valence electrons. The number of hydrogen-bond acceptors (Lipinski definition) is 2. The van der Waals surface area contributed by atoms with Crippen LogP contribution in [-0.4, -0.2) is 4.98 Å². The van der Waals surface area contributed by atoms with Gasteiger partial charge in [-0.15, -0.1) is 0 Å². The Morgan fingerprint density at radius 1 is 0.545 bits per heavy atom. The van der Waals surface area contributed by atoms with Gasteiger partial charge in [0, 0.05) is 27.1 Å². The van der Waals surface area contributed by atoms with Crippen LogP contribution in [0.4, 0.5) is 0 Å². The quantitative estimate of drug-likeness (QED) is 0.205. The van der Waals surface area contributed by atoms with Crippen molar-refractivity contribution in [2.75, 3.05) is 0 Å². The molecule has 0 amide bonds. The number of rotatable bonds is 2. The lowest BCUT2D eigenvalue weighted by Crippen LogP contribution is -1.92. The van der Waals surface area contributed by atoms with Gasteiger partial charge >= 0.3 is 0 Å². The summed E-state index contributed by atoms with van der Waals surface area (Å²) < 4.78 is 6.46. The maximum absolute atomic E-state index is 6.46. The largest absolute Gasteiger partial charge is 0.455 e. The number of benzene rings is 5. The second-order valence-corrected chi connectivity index (χ2v) is 8.92. The Labute approximate surface area is 191 Å². The van der Waals surface area contributed by atoms with Crippen molar-refractivity contribution in [2.45, 2.75) is 13.8 Å². The van der Waals surface area contributed by atoms with E-state index in [-0.39, 0.29) is 0 Å². The van der Waals surface area contributed by atoms with Crippen LogP contribution in [0.2, 0.25) is 0 Å². The fourth-order valence-electron chi connectivity index (χ4n) is 5.13. The third-order valence-electron chi connectivity index (χ3n) is 6.92. The minimum Gasteiger partial charge on any atom is -0.455 e. The van der Waals surface area contributed by atoms with E-state index >= 15 is 0 Å². The average molecular weight is 424 g/mol. The van der Waals surface area contributed by atoms with Gasteiger partial charge in [-0.2, -0.15) is 0 Å². The van der Waals surface area contributed by atoms with Crippen molar-refractivity contribution in [3.8, 4) is 22.4 Å². The molecule has 7 aromatic rings. The van der Waals surface area contributed by atoms with Gasteiger partial charge in [-0.05, 0) is 54.3 Å². The molecule has 0 N–H and O–H groups in total. The summed E-state index contributed by atoms with van der Waals surface area (Å²) in [6.07, 6.45) is 0. The molecule has 0 aliphatic rings. The molecule has 0 atom stereocenters. The van der Waals surface area contributed by atoms with E-state index in [1.165, 1.54) is 33.0 Å². The zero-order valence-corrected chi connectivity index (χ0v) is 18.5. The van der Waals surface area contributed by atoms with Crippen LogP contribution in [0.5, 0.6) is 0 Å². The highest BCUT2D eigenvalue weighted by molar-refractivity contribution is 6.33. The van der Waals surface area contributed by atoms with Crippen molar-refractivity contribution < 1.29 is 4.42 Å². The molecule has 3 aromatic heterocycles. The summed E-state index contributed by atoms with van der Waals surface area (Å²) in [5.74, 6) is 0. The van der Waals surface area contributed by atoms with Crippen molar-refractivity contribution in [3.63, 3.8) is 0 Å². The highest BCUT2D eigenvalue weighted by Crippen LogP contribution is 2.47. The van der Waals surface area contributed by atoms with E-state index in [1.807, 2.05) is 0 Å². The topological polar surface area (TPSA) is 26.0 Å². The smallest absolute Gasteiger partial charge is 0.145 e. The fraction of sp³-hybridized carbons (Fsp3) is 0.0645. The molecule has 3 heterocycles. The Hall–Kier alpha value is -4.17. The predicted molar refractivity (Wildman–Crippen MR) is 138 cm³/mol. The van der Waals surface area contributed by atoms with Crippen LogP contribution in [0, 0.1) is 13.8 Å². The molecule has 2 nitrogen and oxygen atoms in total. The molecular formula is C31H21NO. The number of aromatic nitrogens is 1. The maximum Gasteiger partial charge on any atom is 0.145 e. The summed E-state index contributed by atoms with van der Waals surface area (Å²) in [5.41, 5.74) is 9.91. The van der Waals surface area contributed by atoms with Crippen molar-refractivity contribution >= 4 is 43.6 Å². The molecule has 33 heavy (non-hydrogen) atoms. The van der Waals surface area contributed by atoms with Gasteiger partial charge in [0.15, 0.2) is 0 Å². The van der Waals surface area contributed by atoms with E-state index in [9.17, 15) is 0 Å². The van der Waals surface area contributed by atoms with E-state index in [1.54, 1.807) is 0 Å². The molecule has 0 aliphatic carbocycles. The van der Waals surface area contributed by atoms with Gasteiger partial charge in [-0.25, -0.2) is 4.98 Å². The number of furan rings is 2. The third kappa shape index (κ3) is 2.58. The molecule has 0 unspecified atom stereocenters. The van der Waals surface area contributed by atoms with Gasteiger partial charge in [-0.3, -0.25) is 0 Å². The SMILES string of the molecule is Cc1cc2nc(-c3cccc(-c4ccccc4)c3)c3c4oc(c5ccccc54)c3c2cc1C. The van der Waals surface area contributed by atoms with Gasteiger partial charge in [0.05, 0.1) is 16.6 Å². The second-order valence-electron chi connectivity index (χ2n) is 8.92. The molecule has 0 spiro atoms. The first kappa shape index (κ1) is 18.4. The van der Waals surface area contributed by atoms with Crippen LogP contribution < -0.4 is 0 Å². The minimum atomic E-state index is 0.934. The van der Waals surface area contributed by atoms with Crippen LogP contribution in [0.1, 0.15) is 11.1 Å². The van der Waals surface area contributed by atoms with E-state index in [0.717, 1.165) is 44.1 Å². The zero-order valence-electron chi connectivity index (χ0n) is 18.5. The first-order valence-corrected chi connectivity index (χ1v) is 11.3. The van der Waals surface area contributed by atoms with Crippen molar-refractivity contribution in [3.05, 3.63) is 102 Å². The van der Waals surface area contributed by atoms with Gasteiger partial charge in [0.25, 0.3) is 0 Å². The fourth-order valence-corrected chi connectivity index (χ4v) is 5.13. The molecule has 4 aromatic carbocycles. The summed E-state index contributed by atoms with van der Waals surface area (Å²) in [7, 11) is 0. The first-order valence-electron chi connectivity index (χ1n) is 11.3. The lowest BCUT2D eigenvalue weighted by Gasteiger charge is -2.12. The number of hydrogen-bond donors (Lipinski definition) is 0. The highest BCUT2D eigenvalue weighted by atomic mass is 16.3. The highest BCUT2D eigenvalue weighted by Gasteiger charge is 2.24. The molecular weight excluding hydrogens is 402 g/mol. The molecule has 0 radical (unpaired) electrons. The summed E-state index contributed by atoms with van der Waals surface area (Å²) in [6, 6.07) is 32.1. The number of fused-ring (bicyclic) bond motifs is 10. The lowest BCUT2D eigenvalue weighted by atomic mass is 9.94. The first-order chi connectivity index (χ1) is 16.2. The van der Waals surface area contributed by atoms with Crippen molar-refractivity contribution in [1.82, 2.24) is 4.98 Å². The van der Waals surface area contributed by atoms with E-state index in [0.29, 0.717) is 0 Å². The molecule has 2 bridgehead atoms. The molecule has 0 fully saturated rings. The Bertz CT molecular complexity index is 1830. The monoisotopic (exact) mass is 423 g/mol. The van der Waals surface area contributed by atoms with Crippen LogP contribution in [0.15, 0.2) is 95.4 Å². The summed E-state index contributed by atoms with van der Waals surface area (Å²) in [6.45, 7) is 4.32. The third-order valence-corrected chi connectivity index (χ3v) is 6.92. The summed E-state index contributed by atoms with van der Waals surface area (Å²) in [4.78, 5) is 5.23. The number of nitrogens with zero attached hydrogens (tertiary/aromatic N) is 1. The van der Waals surface area contributed by atoms with Crippen LogP contribution in [0.3, 0.4) is 0 Å². The molecule has 7 rings (SSSR count). The Morgan fingerprint density at radius 2 is 1.18 bits per heavy atom. The van der Waals surface area contributed by atoms with Crippen LogP contribution >= 0.6 is 0 Å². The predicted octanol–water partition coefficient (Wildman–Crippen LogP) is 8.68. The minimum absolute atomic E-state index is 0.934. The van der Waals surface area contributed by atoms with Crippen molar-refractivity contribution in [1.29, 1.82) is 0 Å². The van der Waals surface area contributed by atoms with Crippen LogP contribution in [0.25, 0.3) is 66.0 Å². The van der Waals surface area contributed by atoms with Crippen LogP contribution in [-0.2, 0) is 0 Å². The standard InChI is InChI=1S/C31H21NO/c1-18-15-25-26(16-19(18)2)32-29(22-12-8-11-21(17-22)20-9-4-3-5-10-20)28-27(25)30-23-13-6-7-14-24(23)31(28)33-30/h3-17H,1-2H3. The summed E-state index contributed by atoms with van der Waals surface area (Å²) in [5, 5.41) is 5.79. The molecule has 0 saturated carbocycles. The molecule has 2 heteroatoms. The number of aryl methyl sites for hydroxylation is 2.